The molecule has 1 atom stereocenters. The summed E-state index contributed by atoms with van der Waals surface area (Å²) < 4.78 is 5.25. The summed E-state index contributed by atoms with van der Waals surface area (Å²) in [7, 11) is 0. The first-order valence-electron chi connectivity index (χ1n) is 6.19. The van der Waals surface area contributed by atoms with Crippen molar-refractivity contribution in [3.8, 4) is 0 Å². The van der Waals surface area contributed by atoms with Gasteiger partial charge in [-0.15, -0.1) is 5.73 Å². The highest BCUT2D eigenvalue weighted by Gasteiger charge is 2.08. The molecule has 0 aliphatic carbocycles. The third kappa shape index (κ3) is 6.07. The molecule has 0 saturated carbocycles. The van der Waals surface area contributed by atoms with E-state index in [9.17, 15) is 4.79 Å². The largest absolute Gasteiger partial charge is 0.458 e. The van der Waals surface area contributed by atoms with Crippen molar-refractivity contribution < 1.29 is 9.53 Å². The highest BCUT2D eigenvalue weighted by atomic mass is 16.5. The lowest BCUT2D eigenvalue weighted by molar-refractivity contribution is -0.144. The van der Waals surface area contributed by atoms with Gasteiger partial charge >= 0.3 is 5.97 Å². The van der Waals surface area contributed by atoms with Crippen LogP contribution in [0.15, 0.2) is 47.7 Å². The third-order valence-corrected chi connectivity index (χ3v) is 2.44. The summed E-state index contributed by atoms with van der Waals surface area (Å²) in [4.78, 5) is 11.0. The maximum atomic E-state index is 11.0. The number of ether oxygens (including phenoxy) is 1. The molecule has 2 nitrogen and oxygen atoms in total. The Morgan fingerprint density at radius 3 is 2.50 bits per heavy atom. The zero-order chi connectivity index (χ0) is 13.4. The molecule has 1 rings (SSSR count). The van der Waals surface area contributed by atoms with E-state index >= 15 is 0 Å². The summed E-state index contributed by atoms with van der Waals surface area (Å²) in [5.74, 6) is -0.250. The molecule has 0 heterocycles. The van der Waals surface area contributed by atoms with Crippen LogP contribution in [0.2, 0.25) is 0 Å². The fourth-order valence-corrected chi connectivity index (χ4v) is 1.60. The molecule has 0 amide bonds. The van der Waals surface area contributed by atoms with Crippen LogP contribution in [0, 0.1) is 0 Å². The number of hydrogen-bond donors (Lipinski definition) is 0. The molecule has 0 aliphatic heterocycles. The lowest BCUT2D eigenvalue weighted by Crippen LogP contribution is -2.14. The Morgan fingerprint density at radius 2 is 1.94 bits per heavy atom. The maximum absolute atomic E-state index is 11.0. The topological polar surface area (TPSA) is 26.3 Å². The predicted octanol–water partition coefficient (Wildman–Crippen LogP) is 3.67. The minimum absolute atomic E-state index is 0.197. The average molecular weight is 244 g/mol. The molecule has 0 fully saturated rings. The summed E-state index contributed by atoms with van der Waals surface area (Å²) in [5.41, 5.74) is 5.43. The minimum Gasteiger partial charge on any atom is -0.458 e. The second-order valence-electron chi connectivity index (χ2n) is 4.48. The van der Waals surface area contributed by atoms with Gasteiger partial charge in [-0.3, -0.25) is 4.79 Å². The summed E-state index contributed by atoms with van der Waals surface area (Å²) in [6.45, 7) is 5.38. The number of benzene rings is 1. The predicted molar refractivity (Wildman–Crippen MR) is 73.3 cm³/mol. The zero-order valence-corrected chi connectivity index (χ0v) is 11.3. The van der Waals surface area contributed by atoms with E-state index in [4.69, 9.17) is 4.74 Å². The fraction of sp³-hybridized carbons (Fsp3) is 0.375. The lowest BCUT2D eigenvalue weighted by atomic mass is 10.1. The first kappa shape index (κ1) is 14.3. The van der Waals surface area contributed by atoms with E-state index in [1.165, 1.54) is 12.5 Å². The molecule has 0 aromatic heterocycles. The molecule has 96 valence electrons. The number of esters is 1. The van der Waals surface area contributed by atoms with Crippen molar-refractivity contribution in [1.29, 1.82) is 0 Å². The summed E-state index contributed by atoms with van der Waals surface area (Å²) in [6.07, 6.45) is 3.31. The van der Waals surface area contributed by atoms with E-state index in [2.05, 4.69) is 17.9 Å². The van der Waals surface area contributed by atoms with Crippen molar-refractivity contribution in [2.45, 2.75) is 39.7 Å². The second kappa shape index (κ2) is 7.52. The number of carbonyl (C=O) groups excluding carboxylic acids is 1. The second-order valence-corrected chi connectivity index (χ2v) is 4.48. The van der Waals surface area contributed by atoms with Gasteiger partial charge < -0.3 is 4.74 Å². The van der Waals surface area contributed by atoms with Crippen LogP contribution < -0.4 is 0 Å². The SMILES string of the molecule is CC(=O)OC(C=C=C(C)C)CCc1ccccc1. The molecule has 0 aliphatic rings. The van der Waals surface area contributed by atoms with Crippen LogP contribution in [-0.4, -0.2) is 12.1 Å². The molecule has 18 heavy (non-hydrogen) atoms. The Hall–Kier alpha value is -1.79. The molecule has 1 aromatic rings. The first-order chi connectivity index (χ1) is 8.58. The highest BCUT2D eigenvalue weighted by Crippen LogP contribution is 2.09. The van der Waals surface area contributed by atoms with Crippen molar-refractivity contribution in [1.82, 2.24) is 0 Å². The summed E-state index contributed by atoms with van der Waals surface area (Å²) in [5, 5.41) is 0. The average Bonchev–Trinajstić information content (AvgIpc) is 2.33. The van der Waals surface area contributed by atoms with Crippen molar-refractivity contribution in [2.24, 2.45) is 0 Å². The molecule has 1 unspecified atom stereocenters. The van der Waals surface area contributed by atoms with Crippen LogP contribution in [0.1, 0.15) is 32.8 Å². The maximum Gasteiger partial charge on any atom is 0.303 e. The van der Waals surface area contributed by atoms with Crippen molar-refractivity contribution in [2.75, 3.05) is 0 Å². The van der Waals surface area contributed by atoms with E-state index in [1.807, 2.05) is 38.1 Å². The van der Waals surface area contributed by atoms with E-state index in [-0.39, 0.29) is 12.1 Å². The third-order valence-electron chi connectivity index (χ3n) is 2.44. The van der Waals surface area contributed by atoms with Crippen LogP contribution in [0.3, 0.4) is 0 Å². The van der Waals surface area contributed by atoms with E-state index in [1.54, 1.807) is 0 Å². The van der Waals surface area contributed by atoms with Gasteiger partial charge in [0.05, 0.1) is 0 Å². The molecule has 0 radical (unpaired) electrons. The number of hydrogen-bond acceptors (Lipinski definition) is 2. The monoisotopic (exact) mass is 244 g/mol. The molecule has 0 saturated heterocycles. The first-order valence-corrected chi connectivity index (χ1v) is 6.19. The Labute approximate surface area is 109 Å². The molecule has 2 heteroatoms. The highest BCUT2D eigenvalue weighted by molar-refractivity contribution is 5.66. The van der Waals surface area contributed by atoms with Crippen LogP contribution in [0.4, 0.5) is 0 Å². The molecule has 1 aromatic carbocycles. The Bertz CT molecular complexity index is 435. The van der Waals surface area contributed by atoms with Gasteiger partial charge in [0.1, 0.15) is 6.10 Å². The Morgan fingerprint density at radius 1 is 1.28 bits per heavy atom. The zero-order valence-electron chi connectivity index (χ0n) is 11.3. The normalized spacial score (nSPS) is 11.3. The standard InChI is InChI=1S/C16H20O2/c1-13(2)9-11-16(18-14(3)17)12-10-15-7-5-4-6-8-15/h4-8,11,16H,10,12H2,1-3H3. The van der Waals surface area contributed by atoms with Crippen molar-refractivity contribution in [3.63, 3.8) is 0 Å². The molecular formula is C16H20O2. The van der Waals surface area contributed by atoms with Crippen LogP contribution >= 0.6 is 0 Å². The van der Waals surface area contributed by atoms with Crippen LogP contribution in [0.25, 0.3) is 0 Å². The quantitative estimate of drug-likeness (QED) is 0.583. The van der Waals surface area contributed by atoms with Crippen LogP contribution in [0.5, 0.6) is 0 Å². The van der Waals surface area contributed by atoms with Crippen LogP contribution in [-0.2, 0) is 16.0 Å². The van der Waals surface area contributed by atoms with Gasteiger partial charge in [0.15, 0.2) is 0 Å². The molecule has 0 bridgehead atoms. The van der Waals surface area contributed by atoms with Gasteiger partial charge in [-0.25, -0.2) is 0 Å². The van der Waals surface area contributed by atoms with Gasteiger partial charge in [-0.2, -0.15) is 0 Å². The summed E-state index contributed by atoms with van der Waals surface area (Å²) in [6, 6.07) is 10.2. The number of rotatable bonds is 5. The smallest absolute Gasteiger partial charge is 0.303 e. The number of carbonyl (C=O) groups is 1. The van der Waals surface area contributed by atoms with Crippen molar-refractivity contribution >= 4 is 5.97 Å². The van der Waals surface area contributed by atoms with E-state index < -0.39 is 0 Å². The fourth-order valence-electron chi connectivity index (χ4n) is 1.60. The van der Waals surface area contributed by atoms with E-state index in [0.29, 0.717) is 0 Å². The van der Waals surface area contributed by atoms with Crippen molar-refractivity contribution in [3.05, 3.63) is 53.3 Å². The Balaban J connectivity index is 2.62. The molecule has 0 N–H and O–H groups in total. The Kier molecular flexibility index (Phi) is 5.96. The van der Waals surface area contributed by atoms with Gasteiger partial charge in [-0.05, 0) is 43.9 Å². The van der Waals surface area contributed by atoms with Gasteiger partial charge in [0, 0.05) is 6.92 Å². The minimum atomic E-state index is -0.250. The lowest BCUT2D eigenvalue weighted by Gasteiger charge is -2.12. The number of aryl methyl sites for hydroxylation is 1. The molecular weight excluding hydrogens is 224 g/mol. The van der Waals surface area contributed by atoms with E-state index in [0.717, 1.165) is 18.4 Å². The van der Waals surface area contributed by atoms with Gasteiger partial charge in [0.2, 0.25) is 0 Å². The molecule has 0 spiro atoms. The van der Waals surface area contributed by atoms with Gasteiger partial charge in [-0.1, -0.05) is 30.3 Å². The van der Waals surface area contributed by atoms with Gasteiger partial charge in [0.25, 0.3) is 0 Å². The summed E-state index contributed by atoms with van der Waals surface area (Å²) >= 11 is 0.